The number of carbonyl (C=O) groups is 1. The number of hydrogen-bond donors (Lipinski definition) is 0. The molecule has 31 heavy (non-hydrogen) atoms. The van der Waals surface area contributed by atoms with Crippen LogP contribution in [0.25, 0.3) is 0 Å². The van der Waals surface area contributed by atoms with Crippen LogP contribution in [0.5, 0.6) is 5.75 Å². The van der Waals surface area contributed by atoms with Gasteiger partial charge in [0.15, 0.2) is 0 Å². The largest absolute Gasteiger partial charge is 0.379 e. The third-order valence-corrected chi connectivity index (χ3v) is 6.35. The van der Waals surface area contributed by atoms with Crippen LogP contribution in [0.1, 0.15) is 24.0 Å². The summed E-state index contributed by atoms with van der Waals surface area (Å²) >= 11 is 0. The molecule has 3 aromatic carbocycles. The molecule has 0 heterocycles. The Kier molecular flexibility index (Phi) is 6.04. The third-order valence-electron chi connectivity index (χ3n) is 5.09. The van der Waals surface area contributed by atoms with Gasteiger partial charge in [0.25, 0.3) is 0 Å². The molecule has 3 aromatic rings. The number of rotatable bonds is 8. The number of carbonyl (C=O) groups excluding carboxylic acids is 1. The Hall–Kier alpha value is -3.19. The molecule has 7 heteroatoms. The maximum atomic E-state index is 13.0. The molecule has 0 saturated heterocycles. The second-order valence-corrected chi connectivity index (χ2v) is 9.10. The van der Waals surface area contributed by atoms with Crippen molar-refractivity contribution in [2.24, 2.45) is 0 Å². The minimum atomic E-state index is -4.05. The Morgan fingerprint density at radius 2 is 1.55 bits per heavy atom. The molecule has 1 saturated carbocycles. The first-order chi connectivity index (χ1) is 14.9. The van der Waals surface area contributed by atoms with Gasteiger partial charge in [-0.05, 0) is 60.4 Å². The molecule has 4 rings (SSSR count). The second-order valence-electron chi connectivity index (χ2n) is 7.55. The number of nitrogens with zero attached hydrogens (tertiary/aromatic N) is 1. The van der Waals surface area contributed by atoms with Crippen LogP contribution >= 0.6 is 0 Å². The Balaban J connectivity index is 1.42. The zero-order chi connectivity index (χ0) is 21.8. The number of halogens is 1. The van der Waals surface area contributed by atoms with Crippen LogP contribution in [0.2, 0.25) is 0 Å². The lowest BCUT2D eigenvalue weighted by Crippen LogP contribution is -2.33. The first-order valence-electron chi connectivity index (χ1n) is 10.0. The van der Waals surface area contributed by atoms with Crippen LogP contribution in [0.15, 0.2) is 83.8 Å². The molecule has 1 fully saturated rings. The van der Waals surface area contributed by atoms with Crippen LogP contribution in [0.3, 0.4) is 0 Å². The monoisotopic (exact) mass is 439 g/mol. The van der Waals surface area contributed by atoms with Crippen molar-refractivity contribution < 1.29 is 21.8 Å². The molecular formula is C24H22FNO4S. The summed E-state index contributed by atoms with van der Waals surface area (Å²) in [6.07, 6.45) is 2.35. The van der Waals surface area contributed by atoms with Crippen LogP contribution in [-0.4, -0.2) is 25.3 Å². The van der Waals surface area contributed by atoms with Crippen molar-refractivity contribution in [1.29, 1.82) is 0 Å². The highest BCUT2D eigenvalue weighted by Gasteiger charge is 2.32. The molecule has 1 aliphatic rings. The maximum absolute atomic E-state index is 13.0. The van der Waals surface area contributed by atoms with Gasteiger partial charge in [0, 0.05) is 12.6 Å². The summed E-state index contributed by atoms with van der Waals surface area (Å²) < 4.78 is 42.8. The summed E-state index contributed by atoms with van der Waals surface area (Å²) in [6.45, 7) is 0.460. The van der Waals surface area contributed by atoms with Crippen molar-refractivity contribution in [1.82, 2.24) is 4.90 Å². The zero-order valence-electron chi connectivity index (χ0n) is 16.8. The summed E-state index contributed by atoms with van der Waals surface area (Å²) in [4.78, 5) is 14.6. The smallest absolute Gasteiger partial charge is 0.339 e. The van der Waals surface area contributed by atoms with Crippen molar-refractivity contribution in [3.05, 3.63) is 95.8 Å². The van der Waals surface area contributed by atoms with Crippen LogP contribution < -0.4 is 4.18 Å². The van der Waals surface area contributed by atoms with E-state index in [1.54, 1.807) is 24.3 Å². The van der Waals surface area contributed by atoms with Gasteiger partial charge < -0.3 is 9.08 Å². The lowest BCUT2D eigenvalue weighted by Gasteiger charge is -2.23. The topological polar surface area (TPSA) is 63.7 Å². The number of benzene rings is 3. The predicted octanol–water partition coefficient (Wildman–Crippen LogP) is 4.33. The van der Waals surface area contributed by atoms with Gasteiger partial charge in [-0.25, -0.2) is 4.39 Å². The van der Waals surface area contributed by atoms with E-state index in [0.717, 1.165) is 48.2 Å². The fourth-order valence-electron chi connectivity index (χ4n) is 3.30. The van der Waals surface area contributed by atoms with E-state index in [1.165, 1.54) is 0 Å². The molecule has 0 bridgehead atoms. The highest BCUT2D eigenvalue weighted by molar-refractivity contribution is 7.87. The zero-order valence-corrected chi connectivity index (χ0v) is 17.6. The molecule has 1 aliphatic carbocycles. The van der Waals surface area contributed by atoms with Crippen LogP contribution in [-0.2, 0) is 27.9 Å². The fourth-order valence-corrected chi connectivity index (χ4v) is 4.23. The van der Waals surface area contributed by atoms with E-state index in [4.69, 9.17) is 4.18 Å². The molecular weight excluding hydrogens is 417 g/mol. The third kappa shape index (κ3) is 5.49. The molecule has 0 N–H and O–H groups in total. The van der Waals surface area contributed by atoms with E-state index in [9.17, 15) is 17.6 Å². The van der Waals surface area contributed by atoms with Gasteiger partial charge in [0.2, 0.25) is 5.91 Å². The van der Waals surface area contributed by atoms with Gasteiger partial charge in [0.05, 0.1) is 6.42 Å². The number of amides is 1. The molecule has 0 atom stereocenters. The maximum Gasteiger partial charge on any atom is 0.339 e. The van der Waals surface area contributed by atoms with E-state index < -0.39 is 15.9 Å². The highest BCUT2D eigenvalue weighted by Crippen LogP contribution is 2.29. The molecule has 0 radical (unpaired) electrons. The quantitative estimate of drug-likeness (QED) is 0.490. The Bertz CT molecular complexity index is 1140. The SMILES string of the molecule is O=C(Cc1ccccc1)N(Cc1ccc(OS(=O)(=O)c2ccc(F)cc2)cc1)C1CC1. The summed E-state index contributed by atoms with van der Waals surface area (Å²) in [5, 5.41) is 0. The van der Waals surface area contributed by atoms with Crippen molar-refractivity contribution >= 4 is 16.0 Å². The second kappa shape index (κ2) is 8.89. The Morgan fingerprint density at radius 1 is 0.903 bits per heavy atom. The molecule has 0 aromatic heterocycles. The predicted molar refractivity (Wildman–Crippen MR) is 114 cm³/mol. The standard InChI is InChI=1S/C24H22FNO4S/c25-20-8-14-23(15-9-20)31(28,29)30-22-12-6-19(7-13-22)17-26(21-10-11-21)24(27)16-18-4-2-1-3-5-18/h1-9,12-15,21H,10-11,16-17H2. The van der Waals surface area contributed by atoms with Gasteiger partial charge in [-0.2, -0.15) is 8.42 Å². The molecule has 0 spiro atoms. The Morgan fingerprint density at radius 3 is 2.16 bits per heavy atom. The normalized spacial score (nSPS) is 13.6. The van der Waals surface area contributed by atoms with Crippen molar-refractivity contribution in [2.75, 3.05) is 0 Å². The van der Waals surface area contributed by atoms with Crippen molar-refractivity contribution in [2.45, 2.75) is 36.7 Å². The lowest BCUT2D eigenvalue weighted by atomic mass is 10.1. The average Bonchev–Trinajstić information content (AvgIpc) is 3.59. The van der Waals surface area contributed by atoms with Gasteiger partial charge in [0.1, 0.15) is 16.5 Å². The van der Waals surface area contributed by atoms with Gasteiger partial charge in [-0.3, -0.25) is 4.79 Å². The van der Waals surface area contributed by atoms with Crippen LogP contribution in [0, 0.1) is 5.82 Å². The summed E-state index contributed by atoms with van der Waals surface area (Å²) in [6, 6.07) is 21.0. The van der Waals surface area contributed by atoms with E-state index in [2.05, 4.69) is 0 Å². The minimum absolute atomic E-state index is 0.0768. The van der Waals surface area contributed by atoms with E-state index in [1.807, 2.05) is 35.2 Å². The summed E-state index contributed by atoms with van der Waals surface area (Å²) in [5.41, 5.74) is 1.87. The van der Waals surface area contributed by atoms with E-state index in [-0.39, 0.29) is 22.6 Å². The van der Waals surface area contributed by atoms with Gasteiger partial charge >= 0.3 is 10.1 Å². The Labute approximate surface area is 181 Å². The van der Waals surface area contributed by atoms with E-state index >= 15 is 0 Å². The minimum Gasteiger partial charge on any atom is -0.379 e. The first kappa shape index (κ1) is 21.1. The summed E-state index contributed by atoms with van der Waals surface area (Å²) in [5.74, 6) is -0.292. The van der Waals surface area contributed by atoms with Crippen LogP contribution in [0.4, 0.5) is 4.39 Å². The van der Waals surface area contributed by atoms with Gasteiger partial charge in [-0.15, -0.1) is 0 Å². The first-order valence-corrected chi connectivity index (χ1v) is 11.4. The summed E-state index contributed by atoms with van der Waals surface area (Å²) in [7, 11) is -4.05. The lowest BCUT2D eigenvalue weighted by molar-refractivity contribution is -0.131. The van der Waals surface area contributed by atoms with Gasteiger partial charge in [-0.1, -0.05) is 42.5 Å². The number of hydrogen-bond acceptors (Lipinski definition) is 4. The molecule has 0 unspecified atom stereocenters. The average molecular weight is 440 g/mol. The molecule has 0 aliphatic heterocycles. The highest BCUT2D eigenvalue weighted by atomic mass is 32.2. The fraction of sp³-hybridized carbons (Fsp3) is 0.208. The molecule has 5 nitrogen and oxygen atoms in total. The van der Waals surface area contributed by atoms with Crippen molar-refractivity contribution in [3.8, 4) is 5.75 Å². The van der Waals surface area contributed by atoms with E-state index in [0.29, 0.717) is 13.0 Å². The molecule has 1 amide bonds. The van der Waals surface area contributed by atoms with Crippen molar-refractivity contribution in [3.63, 3.8) is 0 Å². The molecule has 160 valence electrons.